The number of likely N-dealkylation sites (N-methyl/N-ethyl adjacent to an activating group) is 1. The van der Waals surface area contributed by atoms with Gasteiger partial charge < -0.3 is 14.5 Å². The number of piperazine rings is 1. The number of benzene rings is 2. The lowest BCUT2D eigenvalue weighted by atomic mass is 10.0. The summed E-state index contributed by atoms with van der Waals surface area (Å²) in [6.45, 7) is 12.1. The highest BCUT2D eigenvalue weighted by Crippen LogP contribution is 2.33. The van der Waals surface area contributed by atoms with E-state index in [1.807, 2.05) is 24.3 Å². The van der Waals surface area contributed by atoms with Crippen LogP contribution in [0.5, 0.6) is 5.75 Å². The standard InChI is InChI=1S/C27H33N3O3/c1-18(2)17-33-22-11-9-21(10-12-22)24-25(27(32)28(5)26(24)31)30-15-13-29(14-16-30)23-8-6-7-19(3)20(23)4/h6-12,18H,13-17H2,1-5H3. The molecule has 0 unspecified atom stereocenters. The monoisotopic (exact) mass is 447 g/mol. The third-order valence-electron chi connectivity index (χ3n) is 6.50. The number of aryl methyl sites for hydroxylation is 1. The highest BCUT2D eigenvalue weighted by atomic mass is 16.5. The number of carbonyl (C=O) groups excluding carboxylic acids is 2. The van der Waals surface area contributed by atoms with E-state index in [9.17, 15) is 9.59 Å². The average molecular weight is 448 g/mol. The predicted molar refractivity (Wildman–Crippen MR) is 131 cm³/mol. The molecule has 2 aromatic carbocycles. The van der Waals surface area contributed by atoms with Gasteiger partial charge >= 0.3 is 0 Å². The van der Waals surface area contributed by atoms with Crippen LogP contribution in [0.25, 0.3) is 5.57 Å². The molecule has 0 saturated carbocycles. The van der Waals surface area contributed by atoms with E-state index in [0.717, 1.165) is 24.4 Å². The molecule has 6 nitrogen and oxygen atoms in total. The lowest BCUT2D eigenvalue weighted by Crippen LogP contribution is -2.47. The first-order chi connectivity index (χ1) is 15.8. The lowest BCUT2D eigenvalue weighted by Gasteiger charge is -2.38. The number of nitrogens with zero attached hydrogens (tertiary/aromatic N) is 3. The first-order valence-electron chi connectivity index (χ1n) is 11.6. The quantitative estimate of drug-likeness (QED) is 0.630. The minimum Gasteiger partial charge on any atom is -0.493 e. The summed E-state index contributed by atoms with van der Waals surface area (Å²) in [4.78, 5) is 31.7. The maximum Gasteiger partial charge on any atom is 0.277 e. The van der Waals surface area contributed by atoms with Gasteiger partial charge in [-0.1, -0.05) is 38.1 Å². The Morgan fingerprint density at radius 2 is 1.52 bits per heavy atom. The fourth-order valence-corrected chi connectivity index (χ4v) is 4.41. The second kappa shape index (κ2) is 9.30. The number of hydrogen-bond donors (Lipinski definition) is 0. The fourth-order valence-electron chi connectivity index (χ4n) is 4.41. The molecule has 0 bridgehead atoms. The average Bonchev–Trinajstić information content (AvgIpc) is 3.04. The van der Waals surface area contributed by atoms with Crippen LogP contribution in [0, 0.1) is 19.8 Å². The molecule has 0 N–H and O–H groups in total. The first kappa shape index (κ1) is 22.9. The van der Waals surface area contributed by atoms with Crippen LogP contribution in [0.3, 0.4) is 0 Å². The summed E-state index contributed by atoms with van der Waals surface area (Å²) < 4.78 is 5.77. The second-order valence-corrected chi connectivity index (χ2v) is 9.32. The van der Waals surface area contributed by atoms with E-state index < -0.39 is 0 Å². The maximum absolute atomic E-state index is 13.1. The van der Waals surface area contributed by atoms with Crippen molar-refractivity contribution in [2.24, 2.45) is 5.92 Å². The number of ether oxygens (including phenoxy) is 1. The molecule has 0 aliphatic carbocycles. The summed E-state index contributed by atoms with van der Waals surface area (Å²) in [5, 5.41) is 0. The van der Waals surface area contributed by atoms with Gasteiger partial charge in [-0.15, -0.1) is 0 Å². The number of rotatable bonds is 6. The van der Waals surface area contributed by atoms with Gasteiger partial charge in [0.05, 0.1) is 12.2 Å². The molecule has 0 atom stereocenters. The van der Waals surface area contributed by atoms with E-state index in [-0.39, 0.29) is 11.8 Å². The molecule has 2 aromatic rings. The summed E-state index contributed by atoms with van der Waals surface area (Å²) in [7, 11) is 1.56. The van der Waals surface area contributed by atoms with Crippen molar-refractivity contribution in [3.63, 3.8) is 0 Å². The van der Waals surface area contributed by atoms with Gasteiger partial charge in [0.25, 0.3) is 11.8 Å². The molecule has 0 radical (unpaired) electrons. The summed E-state index contributed by atoms with van der Waals surface area (Å²) in [5.41, 5.74) is 5.56. The van der Waals surface area contributed by atoms with Crippen molar-refractivity contribution in [3.05, 3.63) is 64.9 Å². The molecule has 2 aliphatic heterocycles. The molecule has 1 fully saturated rings. The number of carbonyl (C=O) groups is 2. The topological polar surface area (TPSA) is 53.1 Å². The van der Waals surface area contributed by atoms with E-state index in [0.29, 0.717) is 36.9 Å². The van der Waals surface area contributed by atoms with Crippen LogP contribution in [-0.4, -0.2) is 61.4 Å². The van der Waals surface area contributed by atoms with Gasteiger partial charge in [0, 0.05) is 38.9 Å². The smallest absolute Gasteiger partial charge is 0.277 e. The third-order valence-corrected chi connectivity index (χ3v) is 6.50. The van der Waals surface area contributed by atoms with E-state index in [1.165, 1.54) is 21.7 Å². The Morgan fingerprint density at radius 3 is 2.15 bits per heavy atom. The van der Waals surface area contributed by atoms with Gasteiger partial charge in [0.1, 0.15) is 11.4 Å². The summed E-state index contributed by atoms with van der Waals surface area (Å²) >= 11 is 0. The molecule has 174 valence electrons. The molecule has 2 aliphatic rings. The van der Waals surface area contributed by atoms with Crippen LogP contribution in [0.4, 0.5) is 5.69 Å². The van der Waals surface area contributed by atoms with Crippen LogP contribution < -0.4 is 9.64 Å². The lowest BCUT2D eigenvalue weighted by molar-refractivity contribution is -0.135. The normalized spacial score (nSPS) is 17.0. The van der Waals surface area contributed by atoms with Crippen LogP contribution >= 0.6 is 0 Å². The molecule has 2 heterocycles. The minimum absolute atomic E-state index is 0.227. The Morgan fingerprint density at radius 1 is 0.879 bits per heavy atom. The molecule has 0 spiro atoms. The Hall–Kier alpha value is -3.28. The van der Waals surface area contributed by atoms with Crippen molar-refractivity contribution in [3.8, 4) is 5.75 Å². The SMILES string of the molecule is Cc1cccc(N2CCN(C3=C(c4ccc(OCC(C)C)cc4)C(=O)N(C)C3=O)CC2)c1C. The minimum atomic E-state index is -0.247. The van der Waals surface area contributed by atoms with Gasteiger partial charge in [-0.05, 0) is 54.7 Å². The number of anilines is 1. The van der Waals surface area contributed by atoms with E-state index >= 15 is 0 Å². The molecule has 6 heteroatoms. The maximum atomic E-state index is 13.1. The number of amides is 2. The summed E-state index contributed by atoms with van der Waals surface area (Å²) in [6.07, 6.45) is 0. The van der Waals surface area contributed by atoms with Gasteiger partial charge in [0.2, 0.25) is 0 Å². The second-order valence-electron chi connectivity index (χ2n) is 9.32. The molecule has 0 aromatic heterocycles. The van der Waals surface area contributed by atoms with E-state index in [2.05, 4.69) is 55.7 Å². The first-order valence-corrected chi connectivity index (χ1v) is 11.6. The van der Waals surface area contributed by atoms with Crippen molar-refractivity contribution >= 4 is 23.1 Å². The Balaban J connectivity index is 1.57. The molecule has 33 heavy (non-hydrogen) atoms. The fraction of sp³-hybridized carbons (Fsp3) is 0.407. The van der Waals surface area contributed by atoms with Crippen molar-refractivity contribution in [2.75, 3.05) is 44.7 Å². The van der Waals surface area contributed by atoms with Gasteiger partial charge in [-0.25, -0.2) is 0 Å². The van der Waals surface area contributed by atoms with Crippen LogP contribution in [0.1, 0.15) is 30.5 Å². The molecular weight excluding hydrogens is 414 g/mol. The predicted octanol–water partition coefficient (Wildman–Crippen LogP) is 3.87. The number of imide groups is 1. The van der Waals surface area contributed by atoms with Crippen molar-refractivity contribution in [1.82, 2.24) is 9.80 Å². The zero-order valence-electron chi connectivity index (χ0n) is 20.2. The molecule has 1 saturated heterocycles. The highest BCUT2D eigenvalue weighted by molar-refractivity contribution is 6.35. The summed E-state index contributed by atoms with van der Waals surface area (Å²) in [5.74, 6) is 0.726. The van der Waals surface area contributed by atoms with Crippen LogP contribution in [0.2, 0.25) is 0 Å². The third kappa shape index (κ3) is 4.47. The van der Waals surface area contributed by atoms with Crippen LogP contribution in [0.15, 0.2) is 48.2 Å². The van der Waals surface area contributed by atoms with Crippen LogP contribution in [-0.2, 0) is 9.59 Å². The van der Waals surface area contributed by atoms with Crippen molar-refractivity contribution in [1.29, 1.82) is 0 Å². The Labute approximate surface area is 196 Å². The van der Waals surface area contributed by atoms with E-state index in [4.69, 9.17) is 4.74 Å². The Bertz CT molecular complexity index is 1080. The van der Waals surface area contributed by atoms with Crippen molar-refractivity contribution < 1.29 is 14.3 Å². The van der Waals surface area contributed by atoms with Gasteiger partial charge in [0.15, 0.2) is 0 Å². The molecular formula is C27H33N3O3. The Kier molecular flexibility index (Phi) is 6.45. The largest absolute Gasteiger partial charge is 0.493 e. The summed E-state index contributed by atoms with van der Waals surface area (Å²) in [6, 6.07) is 13.9. The zero-order chi connectivity index (χ0) is 23.7. The van der Waals surface area contributed by atoms with Crippen molar-refractivity contribution in [2.45, 2.75) is 27.7 Å². The van der Waals surface area contributed by atoms with E-state index in [1.54, 1.807) is 7.05 Å². The number of hydrogen-bond acceptors (Lipinski definition) is 5. The van der Waals surface area contributed by atoms with Gasteiger partial charge in [-0.3, -0.25) is 14.5 Å². The highest BCUT2D eigenvalue weighted by Gasteiger charge is 2.40. The zero-order valence-corrected chi connectivity index (χ0v) is 20.2. The molecule has 2 amide bonds. The molecule has 4 rings (SSSR count). The van der Waals surface area contributed by atoms with Gasteiger partial charge in [-0.2, -0.15) is 0 Å².